The maximum atomic E-state index is 13.4. The summed E-state index contributed by atoms with van der Waals surface area (Å²) in [5, 5.41) is 7.26. The van der Waals surface area contributed by atoms with Gasteiger partial charge in [-0.3, -0.25) is 14.3 Å². The van der Waals surface area contributed by atoms with Crippen molar-refractivity contribution in [1.82, 2.24) is 14.7 Å². The summed E-state index contributed by atoms with van der Waals surface area (Å²) in [6.45, 7) is 1.60. The number of benzene rings is 1. The highest BCUT2D eigenvalue weighted by Crippen LogP contribution is 2.53. The van der Waals surface area contributed by atoms with Crippen LogP contribution < -0.4 is 11.1 Å². The largest absolute Gasteiger partial charge is 0.383 e. The molecule has 2 saturated carbocycles. The van der Waals surface area contributed by atoms with E-state index in [1.165, 1.54) is 22.9 Å². The number of aromatic nitrogens is 2. The molecule has 3 N–H and O–H groups in total. The van der Waals surface area contributed by atoms with Gasteiger partial charge in [-0.1, -0.05) is 11.6 Å². The predicted octanol–water partition coefficient (Wildman–Crippen LogP) is 3.55. The first-order valence-electron chi connectivity index (χ1n) is 10.6. The van der Waals surface area contributed by atoms with Gasteiger partial charge < -0.3 is 16.0 Å². The van der Waals surface area contributed by atoms with Crippen LogP contribution in [-0.4, -0.2) is 39.6 Å². The lowest BCUT2D eigenvalue weighted by molar-refractivity contribution is -0.144. The maximum absolute atomic E-state index is 13.4. The third-order valence-corrected chi connectivity index (χ3v) is 7.19. The van der Waals surface area contributed by atoms with E-state index in [0.717, 1.165) is 45.2 Å². The van der Waals surface area contributed by atoms with Crippen LogP contribution in [0.2, 0.25) is 5.02 Å². The topological polar surface area (TPSA) is 93.2 Å². The first kappa shape index (κ1) is 20.3. The first-order valence-corrected chi connectivity index (χ1v) is 11.0. The van der Waals surface area contributed by atoms with Crippen LogP contribution in [0.3, 0.4) is 0 Å². The number of hydrogen-bond donors (Lipinski definition) is 2. The summed E-state index contributed by atoms with van der Waals surface area (Å²) in [6.07, 6.45) is 4.86. The fraction of sp³-hybridized carbons (Fsp3) is 0.500. The van der Waals surface area contributed by atoms with Gasteiger partial charge in [-0.25, -0.2) is 4.39 Å². The van der Waals surface area contributed by atoms with Crippen LogP contribution in [-0.2, 0) is 11.8 Å². The molecule has 2 amide bonds. The zero-order valence-electron chi connectivity index (χ0n) is 17.3. The number of nitrogens with two attached hydrogens (primary N) is 1. The molecule has 3 fully saturated rings. The van der Waals surface area contributed by atoms with Gasteiger partial charge in [0.2, 0.25) is 5.91 Å². The summed E-state index contributed by atoms with van der Waals surface area (Å²) >= 11 is 5.83. The Kier molecular flexibility index (Phi) is 4.73. The van der Waals surface area contributed by atoms with Crippen LogP contribution in [0.25, 0.3) is 0 Å². The highest BCUT2D eigenvalue weighted by atomic mass is 35.5. The second-order valence-corrected chi connectivity index (χ2v) is 9.67. The van der Waals surface area contributed by atoms with Crippen molar-refractivity contribution in [1.29, 1.82) is 0 Å². The molecule has 2 heterocycles. The molecule has 5 rings (SSSR count). The SMILES string of the molecule is Cn1nc(C2CCC3(C2)CN(C(=O)C2CC2)C3)c(C(=O)Nc2ccc(F)c(Cl)c2)c1N. The van der Waals surface area contributed by atoms with E-state index in [2.05, 4.69) is 10.4 Å². The van der Waals surface area contributed by atoms with Gasteiger partial charge in [0.05, 0.1) is 10.7 Å². The molecule has 2 aromatic rings. The molecule has 3 aliphatic rings. The average Bonchev–Trinajstić information content (AvgIpc) is 3.39. The molecule has 1 unspecified atom stereocenters. The fourth-order valence-corrected chi connectivity index (χ4v) is 5.26. The molecule has 0 bridgehead atoms. The summed E-state index contributed by atoms with van der Waals surface area (Å²) < 4.78 is 15.0. The van der Waals surface area contributed by atoms with Crippen molar-refractivity contribution >= 4 is 34.9 Å². The smallest absolute Gasteiger partial charge is 0.261 e. The molecule has 7 nitrogen and oxygen atoms in total. The Balaban J connectivity index is 1.32. The molecule has 1 atom stereocenters. The lowest BCUT2D eigenvalue weighted by atomic mass is 9.77. The minimum Gasteiger partial charge on any atom is -0.383 e. The van der Waals surface area contributed by atoms with E-state index in [-0.39, 0.29) is 28.2 Å². The lowest BCUT2D eigenvalue weighted by Crippen LogP contribution is -2.57. The van der Waals surface area contributed by atoms with Gasteiger partial charge in [-0.05, 0) is 50.3 Å². The van der Waals surface area contributed by atoms with Crippen LogP contribution >= 0.6 is 11.6 Å². The number of carbonyl (C=O) groups is 2. The number of halogens is 2. The van der Waals surface area contributed by atoms with Crippen molar-refractivity contribution in [3.05, 3.63) is 40.3 Å². The highest BCUT2D eigenvalue weighted by Gasteiger charge is 2.52. The van der Waals surface area contributed by atoms with E-state index >= 15 is 0 Å². The maximum Gasteiger partial charge on any atom is 0.261 e. The number of amides is 2. The van der Waals surface area contributed by atoms with Crippen molar-refractivity contribution in [2.45, 2.75) is 38.0 Å². The molecule has 1 saturated heterocycles. The van der Waals surface area contributed by atoms with Crippen LogP contribution in [0.4, 0.5) is 15.9 Å². The molecule has 1 aliphatic heterocycles. The van der Waals surface area contributed by atoms with Gasteiger partial charge in [-0.2, -0.15) is 5.10 Å². The van der Waals surface area contributed by atoms with E-state index in [9.17, 15) is 14.0 Å². The van der Waals surface area contributed by atoms with Crippen molar-refractivity contribution in [2.75, 3.05) is 24.1 Å². The Morgan fingerprint density at radius 1 is 1.29 bits per heavy atom. The number of likely N-dealkylation sites (tertiary alicyclic amines) is 1. The first-order chi connectivity index (χ1) is 14.8. The Labute approximate surface area is 184 Å². The van der Waals surface area contributed by atoms with E-state index in [4.69, 9.17) is 17.3 Å². The highest BCUT2D eigenvalue weighted by molar-refractivity contribution is 6.31. The predicted molar refractivity (Wildman–Crippen MR) is 115 cm³/mol. The quantitative estimate of drug-likeness (QED) is 0.752. The zero-order valence-corrected chi connectivity index (χ0v) is 18.1. The van der Waals surface area contributed by atoms with Gasteiger partial charge in [0.15, 0.2) is 0 Å². The molecular weight excluding hydrogens is 421 g/mol. The number of carbonyl (C=O) groups excluding carboxylic acids is 2. The minimum atomic E-state index is -0.549. The number of hydrogen-bond acceptors (Lipinski definition) is 4. The van der Waals surface area contributed by atoms with Crippen molar-refractivity contribution in [2.24, 2.45) is 18.4 Å². The van der Waals surface area contributed by atoms with E-state index in [1.807, 2.05) is 4.90 Å². The van der Waals surface area contributed by atoms with E-state index < -0.39 is 5.82 Å². The van der Waals surface area contributed by atoms with Gasteiger partial charge in [0, 0.05) is 43.1 Å². The summed E-state index contributed by atoms with van der Waals surface area (Å²) in [4.78, 5) is 27.3. The van der Waals surface area contributed by atoms with Gasteiger partial charge in [0.25, 0.3) is 5.91 Å². The Morgan fingerprint density at radius 3 is 2.71 bits per heavy atom. The molecule has 1 aromatic carbocycles. The number of nitrogens with zero attached hydrogens (tertiary/aromatic N) is 3. The number of rotatable bonds is 4. The molecule has 164 valence electrons. The number of nitrogen functional groups attached to an aromatic ring is 1. The summed E-state index contributed by atoms with van der Waals surface area (Å²) in [6, 6.07) is 4.03. The van der Waals surface area contributed by atoms with Crippen LogP contribution in [0.15, 0.2) is 18.2 Å². The summed E-state index contributed by atoms with van der Waals surface area (Å²) in [5.74, 6) is 0.0187. The third kappa shape index (κ3) is 3.56. The summed E-state index contributed by atoms with van der Waals surface area (Å²) in [7, 11) is 1.72. The van der Waals surface area contributed by atoms with Crippen LogP contribution in [0.5, 0.6) is 0 Å². The fourth-order valence-electron chi connectivity index (χ4n) is 5.08. The number of nitrogens with one attached hydrogen (secondary N) is 1. The molecule has 2 aliphatic carbocycles. The standard InChI is InChI=1S/C22H25ClFN5O2/c1-28-19(25)17(20(30)26-14-4-5-16(24)15(23)8-14)18(27-28)13-6-7-22(9-13)10-29(11-22)21(31)12-2-3-12/h4-5,8,12-13H,2-3,6-7,9-11,25H2,1H3,(H,26,30). The normalized spacial score (nSPS) is 21.9. The lowest BCUT2D eigenvalue weighted by Gasteiger charge is -2.48. The minimum absolute atomic E-state index is 0.0646. The van der Waals surface area contributed by atoms with Crippen molar-refractivity contribution < 1.29 is 14.0 Å². The monoisotopic (exact) mass is 445 g/mol. The van der Waals surface area contributed by atoms with Crippen LogP contribution in [0, 0.1) is 17.2 Å². The molecule has 1 spiro atoms. The van der Waals surface area contributed by atoms with E-state index in [1.54, 1.807) is 7.05 Å². The van der Waals surface area contributed by atoms with Gasteiger partial charge in [0.1, 0.15) is 17.2 Å². The number of aryl methyl sites for hydroxylation is 1. The summed E-state index contributed by atoms with van der Waals surface area (Å²) in [5.41, 5.74) is 7.76. The molecule has 0 radical (unpaired) electrons. The average molecular weight is 446 g/mol. The molecule has 1 aromatic heterocycles. The third-order valence-electron chi connectivity index (χ3n) is 6.90. The molecule has 31 heavy (non-hydrogen) atoms. The second kappa shape index (κ2) is 7.22. The molecular formula is C22H25ClFN5O2. The molecule has 9 heteroatoms. The Morgan fingerprint density at radius 2 is 2.03 bits per heavy atom. The zero-order chi connectivity index (χ0) is 21.9. The van der Waals surface area contributed by atoms with Gasteiger partial charge in [-0.15, -0.1) is 0 Å². The van der Waals surface area contributed by atoms with Crippen molar-refractivity contribution in [3.8, 4) is 0 Å². The Bertz CT molecular complexity index is 1070. The van der Waals surface area contributed by atoms with Gasteiger partial charge >= 0.3 is 0 Å². The van der Waals surface area contributed by atoms with E-state index in [0.29, 0.717) is 28.7 Å². The second-order valence-electron chi connectivity index (χ2n) is 9.26. The van der Waals surface area contributed by atoms with Crippen molar-refractivity contribution in [3.63, 3.8) is 0 Å². The van der Waals surface area contributed by atoms with Crippen LogP contribution in [0.1, 0.15) is 54.1 Å². The number of anilines is 2. The Hall–Kier alpha value is -2.61.